The van der Waals surface area contributed by atoms with E-state index >= 15 is 0 Å². The summed E-state index contributed by atoms with van der Waals surface area (Å²) in [6.07, 6.45) is 10.9. The summed E-state index contributed by atoms with van der Waals surface area (Å²) in [7, 11) is 3.82. The van der Waals surface area contributed by atoms with E-state index in [9.17, 15) is 9.90 Å². The van der Waals surface area contributed by atoms with Crippen LogP contribution in [0.5, 0.6) is 11.5 Å². The number of hydrogen-bond donors (Lipinski definition) is 1. The van der Waals surface area contributed by atoms with Crippen molar-refractivity contribution in [2.24, 2.45) is 0 Å². The van der Waals surface area contributed by atoms with Gasteiger partial charge in [-0.2, -0.15) is 0 Å². The zero-order chi connectivity index (χ0) is 17.8. The molecule has 1 atom stereocenters. The van der Waals surface area contributed by atoms with Crippen LogP contribution in [0.2, 0.25) is 0 Å². The lowest BCUT2D eigenvalue weighted by molar-refractivity contribution is -0.139. The van der Waals surface area contributed by atoms with Crippen molar-refractivity contribution >= 4 is 18.4 Å². The summed E-state index contributed by atoms with van der Waals surface area (Å²) in [4.78, 5) is 14.3. The smallest absolute Gasteiger partial charge is 0.328 e. The predicted molar refractivity (Wildman–Crippen MR) is 106 cm³/mol. The molecule has 0 spiro atoms. The van der Waals surface area contributed by atoms with E-state index in [1.165, 1.54) is 57.1 Å². The summed E-state index contributed by atoms with van der Waals surface area (Å²) < 4.78 is 5.42. The number of phenols is 1. The second-order valence-corrected chi connectivity index (χ2v) is 6.66. The van der Waals surface area contributed by atoms with Gasteiger partial charge in [-0.15, -0.1) is 12.4 Å². The Hall–Kier alpha value is -1.26. The Bertz CT molecular complexity index is 463. The number of carbonyl (C=O) groups is 1. The molecule has 25 heavy (non-hydrogen) atoms. The first kappa shape index (κ1) is 23.7. The first-order valence-corrected chi connectivity index (χ1v) is 9.21. The zero-order valence-corrected chi connectivity index (χ0v) is 16.7. The summed E-state index contributed by atoms with van der Waals surface area (Å²) in [5.74, 6) is 0.409. The van der Waals surface area contributed by atoms with Crippen LogP contribution in [0.15, 0.2) is 24.3 Å². The van der Waals surface area contributed by atoms with Crippen molar-refractivity contribution in [3.8, 4) is 11.5 Å². The van der Waals surface area contributed by atoms with E-state index in [-0.39, 0.29) is 30.2 Å². The lowest BCUT2D eigenvalue weighted by atomic mass is 10.0. The number of carbonyl (C=O) groups excluding carboxylic acids is 1. The van der Waals surface area contributed by atoms with E-state index in [1.807, 2.05) is 19.0 Å². The Morgan fingerprint density at radius 3 is 2.04 bits per heavy atom. The minimum atomic E-state index is -0.228. The number of nitrogens with zero attached hydrogens (tertiary/aromatic N) is 1. The van der Waals surface area contributed by atoms with Crippen LogP contribution in [0.25, 0.3) is 0 Å². The quantitative estimate of drug-likeness (QED) is 0.312. The van der Waals surface area contributed by atoms with Gasteiger partial charge in [0.15, 0.2) is 0 Å². The topological polar surface area (TPSA) is 49.8 Å². The van der Waals surface area contributed by atoms with Crippen molar-refractivity contribution in [1.29, 1.82) is 0 Å². The maximum Gasteiger partial charge on any atom is 0.328 e. The first-order valence-electron chi connectivity index (χ1n) is 9.21. The van der Waals surface area contributed by atoms with Crippen LogP contribution < -0.4 is 4.74 Å². The van der Waals surface area contributed by atoms with E-state index in [4.69, 9.17) is 4.74 Å². The molecule has 5 heteroatoms. The number of benzene rings is 1. The molecule has 0 heterocycles. The number of ether oxygens (including phenoxy) is 1. The van der Waals surface area contributed by atoms with Crippen molar-refractivity contribution in [1.82, 2.24) is 4.90 Å². The Balaban J connectivity index is 0.00000576. The van der Waals surface area contributed by atoms with Crippen LogP contribution in [0.3, 0.4) is 0 Å². The van der Waals surface area contributed by atoms with E-state index in [0.29, 0.717) is 5.75 Å². The fraction of sp³-hybridized carbons (Fsp3) is 0.650. The monoisotopic (exact) mass is 371 g/mol. The van der Waals surface area contributed by atoms with Gasteiger partial charge in [0.1, 0.15) is 17.5 Å². The molecule has 0 aromatic heterocycles. The standard InChI is InChI=1S/C20H33NO3.ClH/c1-4-5-6-7-8-9-10-11-12-19(21(2)3)20(23)24-18-15-13-17(22)14-16-18;/h13-16,19,22H,4-12H2,1-3H3;1H. The third-order valence-corrected chi connectivity index (χ3v) is 4.28. The Kier molecular flexibility index (Phi) is 13.3. The molecule has 0 bridgehead atoms. The molecule has 1 aromatic rings. The molecule has 1 unspecified atom stereocenters. The largest absolute Gasteiger partial charge is 0.508 e. The highest BCUT2D eigenvalue weighted by Crippen LogP contribution is 2.18. The minimum absolute atomic E-state index is 0. The molecule has 0 aliphatic carbocycles. The van der Waals surface area contributed by atoms with Gasteiger partial charge in [-0.3, -0.25) is 4.90 Å². The van der Waals surface area contributed by atoms with Gasteiger partial charge >= 0.3 is 5.97 Å². The minimum Gasteiger partial charge on any atom is -0.508 e. The summed E-state index contributed by atoms with van der Waals surface area (Å²) in [5.41, 5.74) is 0. The predicted octanol–water partition coefficient (Wildman–Crippen LogP) is 5.18. The van der Waals surface area contributed by atoms with E-state index in [2.05, 4.69) is 6.92 Å². The van der Waals surface area contributed by atoms with Crippen molar-refractivity contribution < 1.29 is 14.6 Å². The molecular weight excluding hydrogens is 338 g/mol. The average molecular weight is 372 g/mol. The molecule has 1 rings (SSSR count). The van der Waals surface area contributed by atoms with E-state index < -0.39 is 0 Å². The van der Waals surface area contributed by atoms with Crippen molar-refractivity contribution in [3.63, 3.8) is 0 Å². The second kappa shape index (κ2) is 14.0. The van der Waals surface area contributed by atoms with Gasteiger partial charge < -0.3 is 9.84 Å². The van der Waals surface area contributed by atoms with Gasteiger partial charge in [0, 0.05) is 0 Å². The first-order chi connectivity index (χ1) is 11.5. The highest BCUT2D eigenvalue weighted by molar-refractivity contribution is 5.85. The van der Waals surface area contributed by atoms with Gasteiger partial charge in [0.05, 0.1) is 0 Å². The summed E-state index contributed by atoms with van der Waals surface area (Å²) in [6.45, 7) is 2.23. The third kappa shape index (κ3) is 10.4. The number of halogens is 1. The van der Waals surface area contributed by atoms with Gasteiger partial charge in [0.25, 0.3) is 0 Å². The molecule has 0 saturated carbocycles. The molecule has 1 N–H and O–H groups in total. The van der Waals surface area contributed by atoms with Crippen molar-refractivity contribution in [2.45, 2.75) is 70.8 Å². The number of likely N-dealkylation sites (N-methyl/N-ethyl adjacent to an activating group) is 1. The third-order valence-electron chi connectivity index (χ3n) is 4.28. The van der Waals surface area contributed by atoms with Crippen LogP contribution in [-0.4, -0.2) is 36.1 Å². The fourth-order valence-electron chi connectivity index (χ4n) is 2.76. The molecule has 0 aliphatic rings. The normalized spacial score (nSPS) is 11.8. The number of esters is 1. The van der Waals surface area contributed by atoms with Crippen molar-refractivity contribution in [2.75, 3.05) is 14.1 Å². The molecule has 0 amide bonds. The fourth-order valence-corrected chi connectivity index (χ4v) is 2.76. The summed E-state index contributed by atoms with van der Waals surface area (Å²) in [5, 5.41) is 9.27. The van der Waals surface area contributed by atoms with Gasteiger partial charge in [0.2, 0.25) is 0 Å². The highest BCUT2D eigenvalue weighted by atomic mass is 35.5. The Morgan fingerprint density at radius 1 is 1.00 bits per heavy atom. The van der Waals surface area contributed by atoms with Crippen LogP contribution in [0, 0.1) is 0 Å². The average Bonchev–Trinajstić information content (AvgIpc) is 2.55. The number of aromatic hydroxyl groups is 1. The van der Waals surface area contributed by atoms with Crippen LogP contribution in [-0.2, 0) is 4.79 Å². The highest BCUT2D eigenvalue weighted by Gasteiger charge is 2.22. The lowest BCUT2D eigenvalue weighted by Gasteiger charge is -2.22. The van der Waals surface area contributed by atoms with Crippen LogP contribution in [0.1, 0.15) is 64.7 Å². The van der Waals surface area contributed by atoms with Crippen LogP contribution >= 0.6 is 12.4 Å². The maximum atomic E-state index is 12.4. The van der Waals surface area contributed by atoms with Gasteiger partial charge in [-0.05, 0) is 44.8 Å². The molecule has 0 aliphatic heterocycles. The molecular formula is C20H34ClNO3. The number of unbranched alkanes of at least 4 members (excludes halogenated alkanes) is 7. The van der Waals surface area contributed by atoms with Crippen LogP contribution in [0.4, 0.5) is 0 Å². The van der Waals surface area contributed by atoms with Crippen molar-refractivity contribution in [3.05, 3.63) is 24.3 Å². The lowest BCUT2D eigenvalue weighted by Crippen LogP contribution is -2.38. The van der Waals surface area contributed by atoms with Gasteiger partial charge in [-0.1, -0.05) is 58.3 Å². The maximum absolute atomic E-state index is 12.4. The Labute approximate surface area is 159 Å². The molecule has 144 valence electrons. The SMILES string of the molecule is CCCCCCCCCCC(C(=O)Oc1ccc(O)cc1)N(C)C.Cl. The number of rotatable bonds is 12. The molecule has 0 saturated heterocycles. The van der Waals surface area contributed by atoms with Gasteiger partial charge in [-0.25, -0.2) is 4.79 Å². The summed E-state index contributed by atoms with van der Waals surface area (Å²) in [6, 6.07) is 6.03. The zero-order valence-electron chi connectivity index (χ0n) is 15.9. The molecule has 0 radical (unpaired) electrons. The number of hydrogen-bond acceptors (Lipinski definition) is 4. The Morgan fingerprint density at radius 2 is 1.52 bits per heavy atom. The van der Waals surface area contributed by atoms with E-state index in [1.54, 1.807) is 12.1 Å². The summed E-state index contributed by atoms with van der Waals surface area (Å²) >= 11 is 0. The van der Waals surface area contributed by atoms with E-state index in [0.717, 1.165) is 12.8 Å². The molecule has 4 nitrogen and oxygen atoms in total. The second-order valence-electron chi connectivity index (χ2n) is 6.66. The molecule has 0 fully saturated rings. The number of phenolic OH excluding ortho intramolecular Hbond substituents is 1. The molecule has 1 aromatic carbocycles.